The summed E-state index contributed by atoms with van der Waals surface area (Å²) in [6, 6.07) is 4.56. The van der Waals surface area contributed by atoms with Crippen LogP contribution in [0.5, 0.6) is 0 Å². The van der Waals surface area contributed by atoms with Crippen LogP contribution in [-0.4, -0.2) is 71.1 Å². The van der Waals surface area contributed by atoms with Crippen molar-refractivity contribution < 1.29 is 33.5 Å². The molecular formula is C33H47N5O7. The molecule has 12 heteroatoms. The number of primary amides is 1. The van der Waals surface area contributed by atoms with Crippen molar-refractivity contribution in [1.82, 2.24) is 20.9 Å². The molecule has 246 valence electrons. The summed E-state index contributed by atoms with van der Waals surface area (Å²) in [5.41, 5.74) is 5.13. The Balaban J connectivity index is 1.46. The fourth-order valence-electron chi connectivity index (χ4n) is 6.46. The number of esters is 1. The van der Waals surface area contributed by atoms with Gasteiger partial charge in [0.15, 0.2) is 0 Å². The summed E-state index contributed by atoms with van der Waals surface area (Å²) in [6.45, 7) is 11.6. The number of Topliss-reactive ketones (excluding diaryl/α,β-unsaturated/α-hetero) is 1. The van der Waals surface area contributed by atoms with Crippen LogP contribution in [-0.2, 0) is 35.3 Å². The number of piperidine rings is 1. The van der Waals surface area contributed by atoms with Crippen molar-refractivity contribution in [1.29, 1.82) is 0 Å². The number of urea groups is 1. The quantitative estimate of drug-likeness (QED) is 0.191. The van der Waals surface area contributed by atoms with Gasteiger partial charge in [0.05, 0.1) is 6.04 Å². The maximum atomic E-state index is 14.2. The summed E-state index contributed by atoms with van der Waals surface area (Å²) in [4.78, 5) is 79.6. The topological polar surface area (TPSA) is 177 Å². The van der Waals surface area contributed by atoms with Crippen molar-refractivity contribution in [3.05, 3.63) is 35.9 Å². The van der Waals surface area contributed by atoms with Gasteiger partial charge in [0.2, 0.25) is 17.6 Å². The van der Waals surface area contributed by atoms with Gasteiger partial charge in [-0.15, -0.1) is 0 Å². The number of ether oxygens (including phenoxy) is 1. The van der Waals surface area contributed by atoms with E-state index in [4.69, 9.17) is 10.5 Å². The summed E-state index contributed by atoms with van der Waals surface area (Å²) < 4.78 is 5.40. The standard InChI is InChI=1S/C33H47N5O7/c1-7-21(30(43)45-17-19-11-9-8-10-12-19)36-31(44)37-26(32(2,3)4)29(42)38-16-20-23(33(20,5)6)24(38)28(41)35-22(15-18-13-14-18)25(39)27(34)40/h8-12,18,20-24,26H,7,13-17H2,1-6H3,(H2,34,40)(H,35,41)(H2,36,37,44)/t20-,21-,22?,23-,24-,26+/m0/s1. The van der Waals surface area contributed by atoms with Gasteiger partial charge in [-0.2, -0.15) is 0 Å². The average Bonchev–Trinajstić information content (AvgIpc) is 3.83. The number of hydrogen-bond donors (Lipinski definition) is 4. The fraction of sp³-hybridized carbons (Fsp3) is 0.636. The van der Waals surface area contributed by atoms with Crippen molar-refractivity contribution in [2.24, 2.45) is 34.3 Å². The number of amides is 5. The number of hydrogen-bond acceptors (Lipinski definition) is 7. The van der Waals surface area contributed by atoms with Crippen molar-refractivity contribution in [2.75, 3.05) is 6.54 Å². The van der Waals surface area contributed by atoms with Crippen molar-refractivity contribution in [2.45, 2.75) is 98.0 Å². The highest BCUT2D eigenvalue weighted by molar-refractivity contribution is 6.37. The number of carbonyl (C=O) groups excluding carboxylic acids is 6. The molecule has 2 saturated carbocycles. The van der Waals surface area contributed by atoms with E-state index in [1.165, 1.54) is 4.90 Å². The molecule has 1 aliphatic heterocycles. The Morgan fingerprint density at radius 3 is 2.20 bits per heavy atom. The Hall–Kier alpha value is -3.96. The van der Waals surface area contributed by atoms with Crippen molar-refractivity contribution in [3.63, 3.8) is 0 Å². The molecule has 3 aliphatic rings. The molecule has 0 bridgehead atoms. The van der Waals surface area contributed by atoms with E-state index in [-0.39, 0.29) is 36.2 Å². The van der Waals surface area contributed by atoms with Gasteiger partial charge in [-0.25, -0.2) is 9.59 Å². The Morgan fingerprint density at radius 2 is 1.64 bits per heavy atom. The van der Waals surface area contributed by atoms with Crippen LogP contribution in [0.2, 0.25) is 0 Å². The van der Waals surface area contributed by atoms with Gasteiger partial charge in [-0.1, -0.05) is 84.7 Å². The third-order valence-corrected chi connectivity index (χ3v) is 9.51. The van der Waals surface area contributed by atoms with E-state index in [1.54, 1.807) is 27.7 Å². The predicted molar refractivity (Wildman–Crippen MR) is 165 cm³/mol. The monoisotopic (exact) mass is 625 g/mol. The summed E-state index contributed by atoms with van der Waals surface area (Å²) >= 11 is 0. The normalized spacial score (nSPS) is 23.5. The van der Waals surface area contributed by atoms with Crippen LogP contribution >= 0.6 is 0 Å². The van der Waals surface area contributed by atoms with E-state index in [0.29, 0.717) is 13.0 Å². The molecule has 5 amide bonds. The van der Waals surface area contributed by atoms with Gasteiger partial charge in [-0.05, 0) is 47.0 Å². The van der Waals surface area contributed by atoms with Crippen LogP contribution in [0.25, 0.3) is 0 Å². The van der Waals surface area contributed by atoms with Crippen LogP contribution in [0.3, 0.4) is 0 Å². The number of likely N-dealkylation sites (tertiary alicyclic amines) is 1. The van der Waals surface area contributed by atoms with E-state index in [9.17, 15) is 28.8 Å². The number of benzene rings is 1. The molecule has 1 heterocycles. The second kappa shape index (κ2) is 13.2. The molecule has 0 radical (unpaired) electrons. The van der Waals surface area contributed by atoms with E-state index in [2.05, 4.69) is 16.0 Å². The van der Waals surface area contributed by atoms with Gasteiger partial charge >= 0.3 is 12.0 Å². The molecule has 1 aromatic carbocycles. The molecule has 6 atom stereocenters. The van der Waals surface area contributed by atoms with E-state index in [0.717, 1.165) is 18.4 Å². The lowest BCUT2D eigenvalue weighted by Crippen LogP contribution is -2.62. The average molecular weight is 626 g/mol. The summed E-state index contributed by atoms with van der Waals surface area (Å²) in [5, 5.41) is 8.13. The Labute approximate surface area is 264 Å². The summed E-state index contributed by atoms with van der Waals surface area (Å²) in [7, 11) is 0. The van der Waals surface area contributed by atoms with E-state index < -0.39 is 65.1 Å². The lowest BCUT2D eigenvalue weighted by molar-refractivity contribution is -0.147. The predicted octanol–water partition coefficient (Wildman–Crippen LogP) is 2.04. The molecule has 1 unspecified atom stereocenters. The first kappa shape index (κ1) is 33.9. The molecule has 2 aliphatic carbocycles. The zero-order chi connectivity index (χ0) is 33.3. The summed E-state index contributed by atoms with van der Waals surface area (Å²) in [6.07, 6.45) is 2.42. The third-order valence-electron chi connectivity index (χ3n) is 9.51. The highest BCUT2D eigenvalue weighted by Crippen LogP contribution is 2.65. The zero-order valence-corrected chi connectivity index (χ0v) is 27.1. The fourth-order valence-corrected chi connectivity index (χ4v) is 6.46. The molecule has 1 aromatic rings. The molecule has 1 saturated heterocycles. The number of nitrogens with one attached hydrogen (secondary N) is 3. The Morgan fingerprint density at radius 1 is 1.00 bits per heavy atom. The van der Waals surface area contributed by atoms with E-state index >= 15 is 0 Å². The lowest BCUT2D eigenvalue weighted by atomic mass is 9.85. The second-order valence-corrected chi connectivity index (χ2v) is 14.3. The number of nitrogens with two attached hydrogens (primary N) is 1. The highest BCUT2D eigenvalue weighted by atomic mass is 16.5. The van der Waals surface area contributed by atoms with E-state index in [1.807, 2.05) is 44.2 Å². The maximum absolute atomic E-state index is 14.2. The van der Waals surface area contributed by atoms with Gasteiger partial charge < -0.3 is 31.3 Å². The molecular weight excluding hydrogens is 578 g/mol. The lowest BCUT2D eigenvalue weighted by Gasteiger charge is -2.38. The van der Waals surface area contributed by atoms with Crippen molar-refractivity contribution in [3.8, 4) is 0 Å². The molecule has 0 aromatic heterocycles. The molecule has 4 rings (SSSR count). The minimum absolute atomic E-state index is 0.0595. The summed E-state index contributed by atoms with van der Waals surface area (Å²) in [5.74, 6) is -3.36. The van der Waals surface area contributed by atoms with Gasteiger partial charge in [0.25, 0.3) is 5.91 Å². The molecule has 5 N–H and O–H groups in total. The minimum Gasteiger partial charge on any atom is -0.459 e. The van der Waals surface area contributed by atoms with Crippen LogP contribution in [0.4, 0.5) is 4.79 Å². The zero-order valence-electron chi connectivity index (χ0n) is 27.1. The molecule has 45 heavy (non-hydrogen) atoms. The van der Waals surface area contributed by atoms with Crippen LogP contribution in [0.1, 0.15) is 72.8 Å². The van der Waals surface area contributed by atoms with Crippen molar-refractivity contribution >= 4 is 35.5 Å². The maximum Gasteiger partial charge on any atom is 0.329 e. The largest absolute Gasteiger partial charge is 0.459 e. The number of carbonyl (C=O) groups is 6. The Kier molecular flexibility index (Phi) is 9.94. The molecule has 12 nitrogen and oxygen atoms in total. The first-order valence-corrected chi connectivity index (χ1v) is 15.8. The van der Waals surface area contributed by atoms with Crippen LogP contribution in [0, 0.1) is 28.6 Å². The SMILES string of the molecule is CC[C@H](NC(=O)N[C@H](C(=O)N1C[C@H]2[C@@H]([C@H]1C(=O)NC(CC1CC1)C(=O)C(N)=O)C2(C)C)C(C)(C)C)C(=O)OCc1ccccc1. The van der Waals surface area contributed by atoms with Crippen LogP contribution in [0.15, 0.2) is 30.3 Å². The van der Waals surface area contributed by atoms with Gasteiger partial charge in [-0.3, -0.25) is 19.2 Å². The first-order chi connectivity index (χ1) is 21.1. The number of fused-ring (bicyclic) bond motifs is 1. The smallest absolute Gasteiger partial charge is 0.329 e. The second-order valence-electron chi connectivity index (χ2n) is 14.3. The number of nitrogens with zero attached hydrogens (tertiary/aromatic N) is 1. The number of rotatable bonds is 13. The Bertz CT molecular complexity index is 1320. The first-order valence-electron chi connectivity index (χ1n) is 15.8. The third kappa shape index (κ3) is 7.83. The molecule has 3 fully saturated rings. The van der Waals surface area contributed by atoms with Gasteiger partial charge in [0, 0.05) is 6.54 Å². The minimum atomic E-state index is -1.11. The van der Waals surface area contributed by atoms with Gasteiger partial charge in [0.1, 0.15) is 24.7 Å². The number of ketones is 1. The highest BCUT2D eigenvalue weighted by Gasteiger charge is 2.70. The van der Waals surface area contributed by atoms with Crippen LogP contribution < -0.4 is 21.7 Å². The molecule has 0 spiro atoms.